The number of hydrogen-bond acceptors (Lipinski definition) is 5. The van der Waals surface area contributed by atoms with E-state index in [4.69, 9.17) is 25.5 Å². The number of hydrogen-bond donors (Lipinski definition) is 5. The predicted molar refractivity (Wildman–Crippen MR) is 84.8 cm³/mol. The molecule has 5 N–H and O–H groups in total. The average molecular weight is 362 g/mol. The van der Waals surface area contributed by atoms with Gasteiger partial charge in [-0.25, -0.2) is 9.59 Å². The van der Waals surface area contributed by atoms with Crippen LogP contribution in [0.3, 0.4) is 0 Å². The molecule has 0 heterocycles. The van der Waals surface area contributed by atoms with Gasteiger partial charge in [0.2, 0.25) is 0 Å². The summed E-state index contributed by atoms with van der Waals surface area (Å²) < 4.78 is 0. The van der Waals surface area contributed by atoms with E-state index in [1.165, 1.54) is 0 Å². The first-order chi connectivity index (χ1) is 10.1. The molecule has 0 aliphatic heterocycles. The molecule has 11 heteroatoms. The average Bonchev–Trinajstić information content (AvgIpc) is 2.38. The zero-order valence-corrected chi connectivity index (χ0v) is 11.2. The fourth-order valence-electron chi connectivity index (χ4n) is 1.29. The molecule has 0 saturated carbocycles. The van der Waals surface area contributed by atoms with E-state index in [2.05, 4.69) is 0 Å². The summed E-state index contributed by atoms with van der Waals surface area (Å²) in [5.41, 5.74) is -2.41. The first kappa shape index (κ1) is 27.9. The van der Waals surface area contributed by atoms with Crippen LogP contribution in [0.2, 0.25) is 0 Å². The molecule has 0 saturated heterocycles. The summed E-state index contributed by atoms with van der Waals surface area (Å²) in [4.78, 5) is 40.7. The van der Waals surface area contributed by atoms with Crippen molar-refractivity contribution in [1.29, 1.82) is 0 Å². The molecule has 0 radical (unpaired) electrons. The Hall–Kier alpha value is -0.940. The molecule has 1 aromatic rings. The van der Waals surface area contributed by atoms with Crippen molar-refractivity contribution in [2.45, 2.75) is 18.4 Å². The summed E-state index contributed by atoms with van der Waals surface area (Å²) in [6.45, 7) is 0. The van der Waals surface area contributed by atoms with Crippen LogP contribution in [0.25, 0.3) is 0 Å². The summed E-state index contributed by atoms with van der Waals surface area (Å²) in [7, 11) is 0. The zero-order valence-electron chi connectivity index (χ0n) is 11.2. The SMILES string of the molecule is O=C(O)CC(O)(CC(=O)O)C(=O)O.O=C(O)c1ccccc1.[NaH].[NaH]. The second kappa shape index (κ2) is 13.4. The quantitative estimate of drug-likeness (QED) is 0.392. The molecule has 0 fully saturated rings. The van der Waals surface area contributed by atoms with E-state index in [0.717, 1.165) is 0 Å². The third kappa shape index (κ3) is 11.6. The van der Waals surface area contributed by atoms with Crippen LogP contribution < -0.4 is 0 Å². The van der Waals surface area contributed by atoms with Gasteiger partial charge in [0.1, 0.15) is 0 Å². The molecular weight excluding hydrogens is 346 g/mol. The van der Waals surface area contributed by atoms with Crippen LogP contribution in [0.1, 0.15) is 23.2 Å². The van der Waals surface area contributed by atoms with E-state index < -0.39 is 42.3 Å². The van der Waals surface area contributed by atoms with Crippen LogP contribution in [0.4, 0.5) is 0 Å². The predicted octanol–water partition coefficient (Wildman–Crippen LogP) is -1.16. The van der Waals surface area contributed by atoms with E-state index in [0.29, 0.717) is 5.56 Å². The summed E-state index contributed by atoms with van der Waals surface area (Å²) in [6, 6.07) is 8.30. The second-order valence-electron chi connectivity index (χ2n) is 4.15. The molecule has 0 aliphatic carbocycles. The van der Waals surface area contributed by atoms with Crippen LogP contribution in [-0.2, 0) is 14.4 Å². The fourth-order valence-corrected chi connectivity index (χ4v) is 1.29. The Balaban J connectivity index is -0.000000355. The number of carboxylic acids is 4. The first-order valence-electron chi connectivity index (χ1n) is 5.76. The molecule has 0 atom stereocenters. The third-order valence-electron chi connectivity index (χ3n) is 2.31. The van der Waals surface area contributed by atoms with E-state index in [1.807, 2.05) is 0 Å². The number of rotatable bonds is 6. The molecule has 1 aromatic carbocycles. The van der Waals surface area contributed by atoms with Gasteiger partial charge in [0.15, 0.2) is 5.60 Å². The van der Waals surface area contributed by atoms with Gasteiger partial charge >= 0.3 is 83.0 Å². The van der Waals surface area contributed by atoms with Gasteiger partial charge in [-0.15, -0.1) is 0 Å². The summed E-state index contributed by atoms with van der Waals surface area (Å²) in [5, 5.41) is 42.2. The Morgan fingerprint density at radius 2 is 1.17 bits per heavy atom. The summed E-state index contributed by atoms with van der Waals surface area (Å²) in [5.74, 6) is -5.90. The number of aliphatic carboxylic acids is 3. The molecule has 9 nitrogen and oxygen atoms in total. The van der Waals surface area contributed by atoms with Gasteiger partial charge in [0, 0.05) is 0 Å². The Morgan fingerprint density at radius 3 is 1.38 bits per heavy atom. The van der Waals surface area contributed by atoms with Crippen molar-refractivity contribution in [2.24, 2.45) is 0 Å². The first-order valence-corrected chi connectivity index (χ1v) is 5.76. The van der Waals surface area contributed by atoms with Crippen LogP contribution in [0.15, 0.2) is 30.3 Å². The van der Waals surface area contributed by atoms with Gasteiger partial charge in [-0.3, -0.25) is 9.59 Å². The topological polar surface area (TPSA) is 169 Å². The standard InChI is InChI=1S/C7H6O2.C6H8O7.2Na.2H/c8-7(9)6-4-2-1-3-5-6;7-3(8)1-6(13,5(11)12)2-4(9)10;;;;/h1-5H,(H,8,9);13H,1-2H2,(H,7,8)(H,9,10)(H,11,12);;;;. The second-order valence-corrected chi connectivity index (χ2v) is 4.15. The van der Waals surface area contributed by atoms with Gasteiger partial charge in [0.25, 0.3) is 0 Å². The number of benzene rings is 1. The van der Waals surface area contributed by atoms with Gasteiger partial charge in [-0.1, -0.05) is 18.2 Å². The molecule has 124 valence electrons. The maximum absolute atomic E-state index is 10.3. The normalized spacial score (nSPS) is 9.21. The Morgan fingerprint density at radius 1 is 0.792 bits per heavy atom. The Kier molecular flexibility index (Phi) is 15.5. The molecule has 0 bridgehead atoms. The fraction of sp³-hybridized carbons (Fsp3) is 0.231. The minimum absolute atomic E-state index is 0. The van der Waals surface area contributed by atoms with Crippen molar-refractivity contribution in [3.05, 3.63) is 35.9 Å². The molecule has 0 spiro atoms. The Labute approximate surface area is 180 Å². The summed E-state index contributed by atoms with van der Waals surface area (Å²) in [6.07, 6.45) is -2.29. The molecule has 1 rings (SSSR count). The maximum atomic E-state index is 10.3. The van der Waals surface area contributed by atoms with Crippen molar-refractivity contribution >= 4 is 83.0 Å². The number of carbonyl (C=O) groups is 4. The Bertz CT molecular complexity index is 544. The molecule has 0 amide bonds. The third-order valence-corrected chi connectivity index (χ3v) is 2.31. The van der Waals surface area contributed by atoms with Crippen molar-refractivity contribution in [2.75, 3.05) is 0 Å². The van der Waals surface area contributed by atoms with Gasteiger partial charge in [-0.05, 0) is 12.1 Å². The van der Waals surface area contributed by atoms with Crippen LogP contribution in [0.5, 0.6) is 0 Å². The van der Waals surface area contributed by atoms with Crippen molar-refractivity contribution in [3.63, 3.8) is 0 Å². The molecular formula is C13H16Na2O9. The van der Waals surface area contributed by atoms with E-state index in [1.54, 1.807) is 30.3 Å². The minimum atomic E-state index is -2.74. The van der Waals surface area contributed by atoms with Crippen LogP contribution >= 0.6 is 0 Å². The number of carboxylic acid groups (broad SMARTS) is 4. The van der Waals surface area contributed by atoms with E-state index >= 15 is 0 Å². The van der Waals surface area contributed by atoms with E-state index in [9.17, 15) is 19.2 Å². The van der Waals surface area contributed by atoms with Gasteiger partial charge < -0.3 is 25.5 Å². The van der Waals surface area contributed by atoms with Crippen LogP contribution in [-0.4, -0.2) is 114 Å². The van der Waals surface area contributed by atoms with Crippen molar-refractivity contribution in [1.82, 2.24) is 0 Å². The number of aromatic carboxylic acids is 1. The van der Waals surface area contributed by atoms with E-state index in [-0.39, 0.29) is 59.1 Å². The van der Waals surface area contributed by atoms with Gasteiger partial charge in [-0.2, -0.15) is 0 Å². The van der Waals surface area contributed by atoms with Crippen molar-refractivity contribution < 1.29 is 44.7 Å². The van der Waals surface area contributed by atoms with Crippen LogP contribution in [0, 0.1) is 0 Å². The number of aliphatic hydroxyl groups is 1. The summed E-state index contributed by atoms with van der Waals surface area (Å²) >= 11 is 0. The zero-order chi connectivity index (χ0) is 17.3. The molecule has 0 aromatic heterocycles. The van der Waals surface area contributed by atoms with Gasteiger partial charge in [0.05, 0.1) is 18.4 Å². The molecule has 0 aliphatic rings. The molecule has 0 unspecified atom stereocenters. The monoisotopic (exact) mass is 362 g/mol. The molecule has 24 heavy (non-hydrogen) atoms. The van der Waals surface area contributed by atoms with Crippen molar-refractivity contribution in [3.8, 4) is 0 Å².